The zero-order valence-corrected chi connectivity index (χ0v) is 25.4. The maximum Gasteiger partial charge on any atom is 0.417 e. The number of hydrogen-bond donors (Lipinski definition) is 2. The second kappa shape index (κ2) is 10.6. The minimum absolute atomic E-state index is 0.00404. The first-order valence-corrected chi connectivity index (χ1v) is 16.2. The van der Waals surface area contributed by atoms with E-state index in [9.17, 15) is 27.2 Å². The molecule has 4 saturated heterocycles. The summed E-state index contributed by atoms with van der Waals surface area (Å²) < 4.78 is 80.2. The summed E-state index contributed by atoms with van der Waals surface area (Å²) in [4.78, 5) is 13.4. The fourth-order valence-corrected chi connectivity index (χ4v) is 8.99. The molecule has 4 fully saturated rings. The van der Waals surface area contributed by atoms with Crippen molar-refractivity contribution in [2.24, 2.45) is 0 Å². The van der Waals surface area contributed by atoms with Gasteiger partial charge in [-0.1, -0.05) is 6.07 Å². The zero-order chi connectivity index (χ0) is 32.0. The third kappa shape index (κ3) is 4.74. The highest BCUT2D eigenvalue weighted by Gasteiger charge is 2.49. The van der Waals surface area contributed by atoms with Gasteiger partial charge in [-0.2, -0.15) is 28.4 Å². The molecule has 14 heteroatoms. The van der Waals surface area contributed by atoms with Gasteiger partial charge in [0.1, 0.15) is 35.5 Å². The smallest absolute Gasteiger partial charge is 0.417 e. The van der Waals surface area contributed by atoms with Crippen LogP contribution in [0.2, 0.25) is 0 Å². The van der Waals surface area contributed by atoms with Crippen LogP contribution in [0, 0.1) is 17.1 Å². The number of benzene rings is 2. The van der Waals surface area contributed by atoms with Gasteiger partial charge in [-0.25, -0.2) is 8.78 Å². The number of aromatic nitrogens is 2. The number of ether oxygens (including phenoxy) is 1. The quantitative estimate of drug-likeness (QED) is 0.252. The molecule has 0 spiro atoms. The Kier molecular flexibility index (Phi) is 6.83. The van der Waals surface area contributed by atoms with Crippen LogP contribution in [0.4, 0.5) is 32.8 Å². The lowest BCUT2D eigenvalue weighted by atomic mass is 9.93. The SMILES string of the molecule is N#Cc1c(N)sc2c(F)ccc(-c3cc4nc(OC[C@@]56CCCN5C[C@H](F)C6)nc(N5CC6CC[C@H](C5)N6)c4cc3C(F)(F)F)c12. The molecule has 1 unspecified atom stereocenters. The summed E-state index contributed by atoms with van der Waals surface area (Å²) in [5.74, 6) is -0.338. The minimum atomic E-state index is -4.80. The van der Waals surface area contributed by atoms with E-state index in [0.717, 1.165) is 55.7 Å². The summed E-state index contributed by atoms with van der Waals surface area (Å²) in [6, 6.07) is 7.01. The van der Waals surface area contributed by atoms with E-state index in [4.69, 9.17) is 15.5 Å². The molecule has 4 atom stereocenters. The number of anilines is 2. The van der Waals surface area contributed by atoms with E-state index in [1.165, 1.54) is 12.1 Å². The summed E-state index contributed by atoms with van der Waals surface area (Å²) in [6.45, 7) is 2.42. The molecular formula is C32H30F5N7OS. The molecule has 4 aromatic rings. The molecule has 46 heavy (non-hydrogen) atoms. The van der Waals surface area contributed by atoms with E-state index in [0.29, 0.717) is 31.9 Å². The van der Waals surface area contributed by atoms with Crippen molar-refractivity contribution in [2.75, 3.05) is 43.4 Å². The normalized spacial score (nSPS) is 26.3. The van der Waals surface area contributed by atoms with Crippen LogP contribution in [-0.2, 0) is 6.18 Å². The van der Waals surface area contributed by atoms with Gasteiger partial charge in [0.15, 0.2) is 0 Å². The molecule has 3 N–H and O–H groups in total. The fourth-order valence-electron chi connectivity index (χ4n) is 8.04. The molecule has 2 aromatic carbocycles. The van der Waals surface area contributed by atoms with Gasteiger partial charge in [0.05, 0.1) is 26.9 Å². The number of piperazine rings is 1. The minimum Gasteiger partial charge on any atom is -0.461 e. The average Bonchev–Trinajstić information content (AvgIpc) is 3.75. The number of halogens is 5. The van der Waals surface area contributed by atoms with E-state index < -0.39 is 29.3 Å². The molecule has 0 radical (unpaired) electrons. The van der Waals surface area contributed by atoms with Gasteiger partial charge in [0.25, 0.3) is 0 Å². The molecule has 4 aliphatic rings. The highest BCUT2D eigenvalue weighted by molar-refractivity contribution is 7.23. The molecule has 6 heterocycles. The molecule has 0 aliphatic carbocycles. The molecular weight excluding hydrogens is 625 g/mol. The summed E-state index contributed by atoms with van der Waals surface area (Å²) in [7, 11) is 0. The molecule has 240 valence electrons. The number of hydrogen-bond acceptors (Lipinski definition) is 9. The number of rotatable bonds is 5. The third-order valence-electron chi connectivity index (χ3n) is 10.1. The van der Waals surface area contributed by atoms with Crippen molar-refractivity contribution in [2.45, 2.75) is 62.1 Å². The van der Waals surface area contributed by atoms with Crippen LogP contribution >= 0.6 is 11.3 Å². The van der Waals surface area contributed by atoms with Crippen molar-refractivity contribution in [3.05, 3.63) is 41.2 Å². The van der Waals surface area contributed by atoms with E-state index in [-0.39, 0.29) is 67.4 Å². The van der Waals surface area contributed by atoms with Crippen LogP contribution in [0.1, 0.15) is 43.2 Å². The first-order valence-electron chi connectivity index (χ1n) is 15.4. The van der Waals surface area contributed by atoms with Crippen molar-refractivity contribution < 1.29 is 26.7 Å². The topological polar surface area (TPSA) is 103 Å². The van der Waals surface area contributed by atoms with Crippen LogP contribution in [0.5, 0.6) is 6.01 Å². The van der Waals surface area contributed by atoms with Gasteiger partial charge in [-0.3, -0.25) is 4.90 Å². The first kappa shape index (κ1) is 29.6. The van der Waals surface area contributed by atoms with Crippen LogP contribution in [0.3, 0.4) is 0 Å². The van der Waals surface area contributed by atoms with Crippen molar-refractivity contribution in [3.63, 3.8) is 0 Å². The van der Waals surface area contributed by atoms with Gasteiger partial charge in [-0.15, -0.1) is 11.3 Å². The molecule has 8 nitrogen and oxygen atoms in total. The number of thiophene rings is 1. The number of nitriles is 1. The van der Waals surface area contributed by atoms with Crippen molar-refractivity contribution in [1.82, 2.24) is 20.2 Å². The van der Waals surface area contributed by atoms with Crippen LogP contribution in [0.25, 0.3) is 32.1 Å². The lowest BCUT2D eigenvalue weighted by Gasteiger charge is -2.35. The average molecular weight is 656 g/mol. The summed E-state index contributed by atoms with van der Waals surface area (Å²) in [6.07, 6.45) is -1.78. The Balaban J connectivity index is 1.31. The van der Waals surface area contributed by atoms with Crippen LogP contribution in [0.15, 0.2) is 24.3 Å². The third-order valence-corrected chi connectivity index (χ3v) is 11.1. The standard InChI is InChI=1S/C32H30F5N7OS/c33-16-10-31(6-1-7-44(31)12-16)15-45-30-41-25-9-20(19-4-5-24(34)27-26(19)22(11-38)28(39)46-27)23(32(35,36)37)8-21(25)29(42-30)43-13-17-2-3-18(14-43)40-17/h4-5,8-9,16-18,40H,1-3,6-7,10,12-15,39H2/t16-,17-,18?,31+/m1/s1. The monoisotopic (exact) mass is 655 g/mol. The Bertz CT molecular complexity index is 1910. The lowest BCUT2D eigenvalue weighted by Crippen LogP contribution is -2.51. The Labute approximate surface area is 264 Å². The number of nitrogens with one attached hydrogen (secondary N) is 1. The largest absolute Gasteiger partial charge is 0.461 e. The van der Waals surface area contributed by atoms with Gasteiger partial charge in [-0.05, 0) is 61.6 Å². The van der Waals surface area contributed by atoms with Gasteiger partial charge in [0.2, 0.25) is 0 Å². The Morgan fingerprint density at radius 1 is 1.13 bits per heavy atom. The predicted octanol–water partition coefficient (Wildman–Crippen LogP) is 6.02. The number of fused-ring (bicyclic) bond motifs is 5. The molecule has 0 saturated carbocycles. The summed E-state index contributed by atoms with van der Waals surface area (Å²) in [5.41, 5.74) is 4.48. The van der Waals surface area contributed by atoms with Gasteiger partial charge in [0, 0.05) is 48.9 Å². The first-order chi connectivity index (χ1) is 22.0. The number of nitrogens with two attached hydrogens (primary N) is 1. The maximum absolute atomic E-state index is 14.9. The molecule has 2 aromatic heterocycles. The molecule has 0 amide bonds. The maximum atomic E-state index is 14.9. The van der Waals surface area contributed by atoms with Crippen molar-refractivity contribution in [3.8, 4) is 23.2 Å². The molecule has 2 bridgehead atoms. The molecule has 8 rings (SSSR count). The highest BCUT2D eigenvalue weighted by Crippen LogP contribution is 2.47. The predicted molar refractivity (Wildman–Crippen MR) is 165 cm³/mol. The van der Waals surface area contributed by atoms with E-state index in [1.807, 2.05) is 11.0 Å². The second-order valence-corrected chi connectivity index (χ2v) is 14.0. The van der Waals surface area contributed by atoms with Crippen molar-refractivity contribution in [1.29, 1.82) is 5.26 Å². The lowest BCUT2D eigenvalue weighted by molar-refractivity contribution is -0.137. The van der Waals surface area contributed by atoms with E-state index in [2.05, 4.69) is 15.2 Å². The van der Waals surface area contributed by atoms with Crippen LogP contribution < -0.4 is 20.7 Å². The number of nitrogens with zero attached hydrogens (tertiary/aromatic N) is 5. The van der Waals surface area contributed by atoms with E-state index >= 15 is 0 Å². The van der Waals surface area contributed by atoms with E-state index in [1.54, 1.807) is 0 Å². The van der Waals surface area contributed by atoms with Gasteiger partial charge < -0.3 is 20.7 Å². The van der Waals surface area contributed by atoms with Gasteiger partial charge >= 0.3 is 12.2 Å². The fraction of sp³-hybridized carbons (Fsp3) is 0.469. The highest BCUT2D eigenvalue weighted by atomic mass is 32.1. The van der Waals surface area contributed by atoms with Crippen molar-refractivity contribution >= 4 is 43.1 Å². The Morgan fingerprint density at radius 3 is 2.65 bits per heavy atom. The number of nitrogen functional groups attached to an aromatic ring is 1. The summed E-state index contributed by atoms with van der Waals surface area (Å²) >= 11 is 0.822. The molecule has 4 aliphatic heterocycles. The summed E-state index contributed by atoms with van der Waals surface area (Å²) in [5, 5.41) is 13.6. The zero-order valence-electron chi connectivity index (χ0n) is 24.6. The Hall–Kier alpha value is -3.80. The Morgan fingerprint density at radius 2 is 1.91 bits per heavy atom. The second-order valence-electron chi connectivity index (χ2n) is 12.9. The number of alkyl halides is 4. The van der Waals surface area contributed by atoms with Crippen LogP contribution in [-0.4, -0.2) is 71.4 Å².